The highest BCUT2D eigenvalue weighted by molar-refractivity contribution is 6.07. The lowest BCUT2D eigenvalue weighted by molar-refractivity contribution is -0.143. The zero-order valence-corrected chi connectivity index (χ0v) is 12.1. The van der Waals surface area contributed by atoms with Gasteiger partial charge in [0, 0.05) is 12.8 Å². The van der Waals surface area contributed by atoms with Gasteiger partial charge in [-0.05, 0) is 24.8 Å². The molecule has 1 atom stereocenters. The average molecular weight is 270 g/mol. The largest absolute Gasteiger partial charge is 0.299 e. The standard InChI is InChI=1S/C18H22O2/c1-2-16(19)18(13-7-6-12-17(18)20)14-8-11-15-9-4-3-5-10-15/h3-5,8-11H,2,6-7,12-14H2,1H3/b11-8+/t18-/m0/s1. The average Bonchev–Trinajstić information content (AvgIpc) is 2.49. The molecule has 20 heavy (non-hydrogen) atoms. The van der Waals surface area contributed by atoms with Crippen LogP contribution in [-0.2, 0) is 9.59 Å². The zero-order chi connectivity index (χ0) is 14.4. The smallest absolute Gasteiger partial charge is 0.146 e. The van der Waals surface area contributed by atoms with Gasteiger partial charge >= 0.3 is 0 Å². The summed E-state index contributed by atoms with van der Waals surface area (Å²) in [6.45, 7) is 1.85. The van der Waals surface area contributed by atoms with Crippen molar-refractivity contribution in [3.8, 4) is 0 Å². The highest BCUT2D eigenvalue weighted by atomic mass is 16.2. The minimum atomic E-state index is -0.738. The Morgan fingerprint density at radius 1 is 1.25 bits per heavy atom. The molecule has 1 aromatic rings. The van der Waals surface area contributed by atoms with Crippen molar-refractivity contribution in [1.29, 1.82) is 0 Å². The second kappa shape index (κ2) is 6.65. The van der Waals surface area contributed by atoms with Crippen LogP contribution in [0.25, 0.3) is 6.08 Å². The van der Waals surface area contributed by atoms with Crippen LogP contribution in [0, 0.1) is 5.41 Å². The van der Waals surface area contributed by atoms with Crippen LogP contribution in [0.1, 0.15) is 51.0 Å². The fraction of sp³-hybridized carbons (Fsp3) is 0.444. The molecule has 2 nitrogen and oxygen atoms in total. The molecule has 0 unspecified atom stereocenters. The van der Waals surface area contributed by atoms with Crippen LogP contribution in [0.15, 0.2) is 36.4 Å². The van der Waals surface area contributed by atoms with Gasteiger partial charge in [0.2, 0.25) is 0 Å². The molecule has 1 fully saturated rings. The lowest BCUT2D eigenvalue weighted by Crippen LogP contribution is -2.41. The molecule has 0 spiro atoms. The van der Waals surface area contributed by atoms with Crippen molar-refractivity contribution in [1.82, 2.24) is 0 Å². The molecule has 0 aromatic heterocycles. The molecule has 0 amide bonds. The number of benzene rings is 1. The molecule has 0 N–H and O–H groups in total. The molecule has 0 aliphatic heterocycles. The van der Waals surface area contributed by atoms with Crippen LogP contribution in [0.5, 0.6) is 0 Å². The molecule has 1 aromatic carbocycles. The maximum absolute atomic E-state index is 12.3. The maximum Gasteiger partial charge on any atom is 0.146 e. The second-order valence-corrected chi connectivity index (χ2v) is 5.51. The van der Waals surface area contributed by atoms with Gasteiger partial charge in [0.15, 0.2) is 0 Å². The summed E-state index contributed by atoms with van der Waals surface area (Å²) >= 11 is 0. The Hall–Kier alpha value is -1.70. The predicted octanol–water partition coefficient (Wildman–Crippen LogP) is 4.20. The molecule has 2 rings (SSSR count). The van der Waals surface area contributed by atoms with Gasteiger partial charge in [-0.25, -0.2) is 0 Å². The Labute approximate surface area is 120 Å². The van der Waals surface area contributed by atoms with Crippen molar-refractivity contribution in [3.63, 3.8) is 0 Å². The Balaban J connectivity index is 2.14. The molecule has 1 aliphatic carbocycles. The first-order chi connectivity index (χ1) is 9.69. The van der Waals surface area contributed by atoms with Crippen molar-refractivity contribution in [2.24, 2.45) is 5.41 Å². The summed E-state index contributed by atoms with van der Waals surface area (Å²) in [5.41, 5.74) is 0.369. The van der Waals surface area contributed by atoms with E-state index in [1.54, 1.807) is 0 Å². The number of rotatable bonds is 5. The number of hydrogen-bond acceptors (Lipinski definition) is 2. The van der Waals surface area contributed by atoms with E-state index in [1.807, 2.05) is 49.4 Å². The lowest BCUT2D eigenvalue weighted by atomic mass is 9.67. The third kappa shape index (κ3) is 3.06. The van der Waals surface area contributed by atoms with Gasteiger partial charge in [-0.3, -0.25) is 9.59 Å². The van der Waals surface area contributed by atoms with Crippen molar-refractivity contribution in [2.45, 2.75) is 45.4 Å². The summed E-state index contributed by atoms with van der Waals surface area (Å²) in [5, 5.41) is 0. The van der Waals surface area contributed by atoms with Gasteiger partial charge in [-0.2, -0.15) is 0 Å². The fourth-order valence-electron chi connectivity index (χ4n) is 3.01. The van der Waals surface area contributed by atoms with Crippen LogP contribution >= 0.6 is 0 Å². The SMILES string of the molecule is CCC(=O)[C@@]1(C/C=C/c2ccccc2)CCCCC1=O. The van der Waals surface area contributed by atoms with E-state index >= 15 is 0 Å². The first-order valence-corrected chi connectivity index (χ1v) is 7.47. The number of carbonyl (C=O) groups excluding carboxylic acids is 2. The van der Waals surface area contributed by atoms with Crippen molar-refractivity contribution < 1.29 is 9.59 Å². The second-order valence-electron chi connectivity index (χ2n) is 5.51. The zero-order valence-electron chi connectivity index (χ0n) is 12.1. The third-order valence-corrected chi connectivity index (χ3v) is 4.22. The predicted molar refractivity (Wildman–Crippen MR) is 81.3 cm³/mol. The third-order valence-electron chi connectivity index (χ3n) is 4.22. The maximum atomic E-state index is 12.3. The van der Waals surface area contributed by atoms with Crippen molar-refractivity contribution >= 4 is 17.6 Å². The number of carbonyl (C=O) groups is 2. The molecule has 1 aliphatic rings. The van der Waals surface area contributed by atoms with Gasteiger partial charge in [0.05, 0.1) is 5.41 Å². The number of ketones is 2. The summed E-state index contributed by atoms with van der Waals surface area (Å²) in [5.74, 6) is 0.258. The summed E-state index contributed by atoms with van der Waals surface area (Å²) in [7, 11) is 0. The first-order valence-electron chi connectivity index (χ1n) is 7.47. The van der Waals surface area contributed by atoms with Gasteiger partial charge in [-0.15, -0.1) is 0 Å². The van der Waals surface area contributed by atoms with E-state index in [4.69, 9.17) is 0 Å². The Bertz CT molecular complexity index is 491. The molecular formula is C18H22O2. The quantitative estimate of drug-likeness (QED) is 0.751. The van der Waals surface area contributed by atoms with Crippen LogP contribution in [0.3, 0.4) is 0 Å². The van der Waals surface area contributed by atoms with Gasteiger partial charge in [0.1, 0.15) is 11.6 Å². The summed E-state index contributed by atoms with van der Waals surface area (Å²) < 4.78 is 0. The van der Waals surface area contributed by atoms with Crippen molar-refractivity contribution in [2.75, 3.05) is 0 Å². The Morgan fingerprint density at radius 3 is 2.65 bits per heavy atom. The van der Waals surface area contributed by atoms with Crippen LogP contribution < -0.4 is 0 Å². The summed E-state index contributed by atoms with van der Waals surface area (Å²) in [4.78, 5) is 24.6. The van der Waals surface area contributed by atoms with E-state index in [2.05, 4.69) is 0 Å². The van der Waals surface area contributed by atoms with E-state index < -0.39 is 5.41 Å². The van der Waals surface area contributed by atoms with E-state index in [9.17, 15) is 9.59 Å². The Kier molecular flexibility index (Phi) is 4.89. The first kappa shape index (κ1) is 14.7. The van der Waals surface area contributed by atoms with Crippen molar-refractivity contribution in [3.05, 3.63) is 42.0 Å². The molecule has 0 heterocycles. The van der Waals surface area contributed by atoms with Gasteiger partial charge in [-0.1, -0.05) is 55.8 Å². The van der Waals surface area contributed by atoms with Crippen LogP contribution in [0.2, 0.25) is 0 Å². The normalized spacial score (nSPS) is 23.1. The molecule has 106 valence electrons. The van der Waals surface area contributed by atoms with E-state index in [0.717, 1.165) is 24.8 Å². The Morgan fingerprint density at radius 2 is 2.00 bits per heavy atom. The molecule has 0 bridgehead atoms. The molecule has 2 heteroatoms. The molecule has 0 saturated heterocycles. The number of allylic oxidation sites excluding steroid dienone is 1. The minimum absolute atomic E-state index is 0.111. The fourth-order valence-corrected chi connectivity index (χ4v) is 3.01. The summed E-state index contributed by atoms with van der Waals surface area (Å²) in [6.07, 6.45) is 8.19. The molecular weight excluding hydrogens is 248 g/mol. The molecule has 0 radical (unpaired) electrons. The van der Waals surface area contributed by atoms with E-state index in [1.165, 1.54) is 0 Å². The number of Topliss-reactive ketones (excluding diaryl/α,β-unsaturated/α-hetero) is 2. The molecule has 1 saturated carbocycles. The van der Waals surface area contributed by atoms with Gasteiger partial charge < -0.3 is 0 Å². The highest BCUT2D eigenvalue weighted by Crippen LogP contribution is 2.38. The highest BCUT2D eigenvalue weighted by Gasteiger charge is 2.43. The van der Waals surface area contributed by atoms with E-state index in [0.29, 0.717) is 19.3 Å². The number of hydrogen-bond donors (Lipinski definition) is 0. The van der Waals surface area contributed by atoms with Crippen LogP contribution in [0.4, 0.5) is 0 Å². The van der Waals surface area contributed by atoms with Crippen LogP contribution in [-0.4, -0.2) is 11.6 Å². The monoisotopic (exact) mass is 270 g/mol. The topological polar surface area (TPSA) is 34.1 Å². The summed E-state index contributed by atoms with van der Waals surface area (Å²) in [6, 6.07) is 9.99. The minimum Gasteiger partial charge on any atom is -0.299 e. The lowest BCUT2D eigenvalue weighted by Gasteiger charge is -2.33. The van der Waals surface area contributed by atoms with Gasteiger partial charge in [0.25, 0.3) is 0 Å². The van der Waals surface area contributed by atoms with E-state index in [-0.39, 0.29) is 11.6 Å².